The fourth-order valence-corrected chi connectivity index (χ4v) is 1.48. The second kappa shape index (κ2) is 8.44. The summed E-state index contributed by atoms with van der Waals surface area (Å²) in [7, 11) is 0. The van der Waals surface area contributed by atoms with Crippen LogP contribution in [0.1, 0.15) is 32.6 Å². The largest absolute Gasteiger partial charge is 0.480 e. The highest BCUT2D eigenvalue weighted by Crippen LogP contribution is 2.19. The molecule has 1 aliphatic carbocycles. The van der Waals surface area contributed by atoms with Crippen molar-refractivity contribution < 1.29 is 19.4 Å². The van der Waals surface area contributed by atoms with Crippen LogP contribution in [0.15, 0.2) is 0 Å². The van der Waals surface area contributed by atoms with Gasteiger partial charge in [0.15, 0.2) is 0 Å². The van der Waals surface area contributed by atoms with Crippen molar-refractivity contribution in [2.45, 2.75) is 44.7 Å². The summed E-state index contributed by atoms with van der Waals surface area (Å²) in [5.41, 5.74) is 0. The van der Waals surface area contributed by atoms with Gasteiger partial charge in [-0.15, -0.1) is 0 Å². The zero-order chi connectivity index (χ0) is 12.5. The van der Waals surface area contributed by atoms with E-state index in [1.54, 1.807) is 0 Å². The summed E-state index contributed by atoms with van der Waals surface area (Å²) in [6.07, 6.45) is 3.71. The average Bonchev–Trinajstić information content (AvgIpc) is 3.10. The molecule has 0 bridgehead atoms. The van der Waals surface area contributed by atoms with Crippen molar-refractivity contribution in [3.63, 3.8) is 0 Å². The molecule has 1 rings (SSSR count). The quantitative estimate of drug-likeness (QED) is 0.532. The van der Waals surface area contributed by atoms with Crippen molar-refractivity contribution in [2.24, 2.45) is 0 Å². The van der Waals surface area contributed by atoms with Gasteiger partial charge >= 0.3 is 5.97 Å². The van der Waals surface area contributed by atoms with E-state index >= 15 is 0 Å². The lowest BCUT2D eigenvalue weighted by molar-refractivity contribution is -0.140. The molecule has 2 N–H and O–H groups in total. The van der Waals surface area contributed by atoms with Gasteiger partial charge in [0.1, 0.15) is 6.04 Å². The van der Waals surface area contributed by atoms with Gasteiger partial charge in [0, 0.05) is 19.3 Å². The molecule has 0 aromatic rings. The lowest BCUT2D eigenvalue weighted by Crippen LogP contribution is -2.39. The molecule has 100 valence electrons. The molecule has 0 heterocycles. The first-order valence-electron chi connectivity index (χ1n) is 6.38. The van der Waals surface area contributed by atoms with Crippen LogP contribution in [0.3, 0.4) is 0 Å². The van der Waals surface area contributed by atoms with Gasteiger partial charge in [0.25, 0.3) is 0 Å². The topological polar surface area (TPSA) is 67.8 Å². The molecule has 5 nitrogen and oxygen atoms in total. The van der Waals surface area contributed by atoms with Crippen molar-refractivity contribution in [1.82, 2.24) is 5.32 Å². The minimum Gasteiger partial charge on any atom is -0.480 e. The average molecular weight is 245 g/mol. The fourth-order valence-electron chi connectivity index (χ4n) is 1.48. The number of carboxylic acids is 1. The Morgan fingerprint density at radius 3 is 2.47 bits per heavy atom. The Morgan fingerprint density at radius 1 is 1.29 bits per heavy atom. The van der Waals surface area contributed by atoms with E-state index in [1.807, 2.05) is 0 Å². The molecule has 1 atom stereocenters. The van der Waals surface area contributed by atoms with Gasteiger partial charge in [0.05, 0.1) is 13.2 Å². The highest BCUT2D eigenvalue weighted by atomic mass is 16.5. The van der Waals surface area contributed by atoms with Crippen LogP contribution in [-0.4, -0.2) is 49.6 Å². The molecule has 0 aromatic heterocycles. The summed E-state index contributed by atoms with van der Waals surface area (Å²) >= 11 is 0. The molecular weight excluding hydrogens is 222 g/mol. The van der Waals surface area contributed by atoms with Crippen LogP contribution in [-0.2, 0) is 14.3 Å². The summed E-state index contributed by atoms with van der Waals surface area (Å²) < 4.78 is 10.6. The van der Waals surface area contributed by atoms with Gasteiger partial charge in [-0.3, -0.25) is 4.79 Å². The first-order valence-corrected chi connectivity index (χ1v) is 6.38. The zero-order valence-corrected chi connectivity index (χ0v) is 10.5. The SMILES string of the molecule is CCCOCCOCCC(NC1CC1)C(=O)O. The van der Waals surface area contributed by atoms with Gasteiger partial charge in [0.2, 0.25) is 0 Å². The maximum atomic E-state index is 10.9. The van der Waals surface area contributed by atoms with Crippen molar-refractivity contribution in [2.75, 3.05) is 26.4 Å². The third kappa shape index (κ3) is 7.31. The standard InChI is InChI=1S/C12H23NO4/c1-2-6-16-8-9-17-7-5-11(12(14)15)13-10-3-4-10/h10-11,13H,2-9H2,1H3,(H,14,15). The van der Waals surface area contributed by atoms with Gasteiger partial charge in [-0.2, -0.15) is 0 Å². The van der Waals surface area contributed by atoms with Gasteiger partial charge in [-0.1, -0.05) is 6.92 Å². The first kappa shape index (κ1) is 14.4. The van der Waals surface area contributed by atoms with Gasteiger partial charge < -0.3 is 19.9 Å². The second-order valence-electron chi connectivity index (χ2n) is 4.35. The number of aliphatic carboxylic acids is 1. The van der Waals surface area contributed by atoms with Crippen LogP contribution in [0.25, 0.3) is 0 Å². The highest BCUT2D eigenvalue weighted by Gasteiger charge is 2.27. The molecule has 0 radical (unpaired) electrons. The Kier molecular flexibility index (Phi) is 7.16. The summed E-state index contributed by atoms with van der Waals surface area (Å²) in [5, 5.41) is 12.1. The molecule has 0 aliphatic heterocycles. The summed E-state index contributed by atoms with van der Waals surface area (Å²) in [6, 6.07) is -0.0666. The van der Waals surface area contributed by atoms with Crippen molar-refractivity contribution in [1.29, 1.82) is 0 Å². The monoisotopic (exact) mass is 245 g/mol. The van der Waals surface area contributed by atoms with Crippen LogP contribution >= 0.6 is 0 Å². The van der Waals surface area contributed by atoms with E-state index in [9.17, 15) is 4.79 Å². The molecule has 1 fully saturated rings. The number of ether oxygens (including phenoxy) is 2. The minimum absolute atomic E-state index is 0.406. The summed E-state index contributed by atoms with van der Waals surface area (Å²) in [5.74, 6) is -0.789. The first-order chi connectivity index (χ1) is 8.24. The Bertz CT molecular complexity index is 219. The molecule has 1 unspecified atom stereocenters. The maximum absolute atomic E-state index is 10.9. The zero-order valence-electron chi connectivity index (χ0n) is 10.5. The number of carboxylic acid groups (broad SMARTS) is 1. The van der Waals surface area contributed by atoms with Gasteiger partial charge in [-0.25, -0.2) is 0 Å². The Labute approximate surface area is 102 Å². The van der Waals surface area contributed by atoms with Gasteiger partial charge in [-0.05, 0) is 25.7 Å². The number of rotatable bonds is 11. The number of hydrogen-bond donors (Lipinski definition) is 2. The molecular formula is C12H23NO4. The molecule has 0 saturated heterocycles. The van der Waals surface area contributed by atoms with E-state index in [-0.39, 0.29) is 0 Å². The molecule has 1 aliphatic rings. The third-order valence-electron chi connectivity index (χ3n) is 2.58. The van der Waals surface area contributed by atoms with E-state index in [4.69, 9.17) is 14.6 Å². The smallest absolute Gasteiger partial charge is 0.320 e. The van der Waals surface area contributed by atoms with Crippen LogP contribution in [0.4, 0.5) is 0 Å². The lowest BCUT2D eigenvalue weighted by Gasteiger charge is -2.13. The molecule has 0 spiro atoms. The second-order valence-corrected chi connectivity index (χ2v) is 4.35. The predicted molar refractivity (Wildman–Crippen MR) is 64.1 cm³/mol. The highest BCUT2D eigenvalue weighted by molar-refractivity contribution is 5.73. The molecule has 0 aromatic carbocycles. The Hall–Kier alpha value is -0.650. The predicted octanol–water partition coefficient (Wildman–Crippen LogP) is 1.02. The van der Waals surface area contributed by atoms with E-state index in [1.165, 1.54) is 0 Å². The Morgan fingerprint density at radius 2 is 1.94 bits per heavy atom. The van der Waals surface area contributed by atoms with Crippen LogP contribution in [0, 0.1) is 0 Å². The number of nitrogens with one attached hydrogen (secondary N) is 1. The van der Waals surface area contributed by atoms with E-state index in [2.05, 4.69) is 12.2 Å². The molecule has 0 amide bonds. The van der Waals surface area contributed by atoms with Crippen LogP contribution in [0.2, 0.25) is 0 Å². The number of hydrogen-bond acceptors (Lipinski definition) is 4. The van der Waals surface area contributed by atoms with Crippen molar-refractivity contribution >= 4 is 5.97 Å². The summed E-state index contributed by atoms with van der Waals surface area (Å²) in [4.78, 5) is 10.9. The van der Waals surface area contributed by atoms with Crippen LogP contribution < -0.4 is 5.32 Å². The van der Waals surface area contributed by atoms with Crippen LogP contribution in [0.5, 0.6) is 0 Å². The van der Waals surface area contributed by atoms with E-state index in [0.29, 0.717) is 32.3 Å². The molecule has 1 saturated carbocycles. The van der Waals surface area contributed by atoms with Crippen molar-refractivity contribution in [3.05, 3.63) is 0 Å². The minimum atomic E-state index is -0.789. The summed E-state index contributed by atoms with van der Waals surface area (Å²) in [6.45, 7) is 4.40. The van der Waals surface area contributed by atoms with E-state index in [0.717, 1.165) is 25.9 Å². The Balaban J connectivity index is 1.96. The molecule has 5 heteroatoms. The number of carbonyl (C=O) groups is 1. The van der Waals surface area contributed by atoms with Crippen molar-refractivity contribution in [3.8, 4) is 0 Å². The maximum Gasteiger partial charge on any atom is 0.320 e. The molecule has 17 heavy (non-hydrogen) atoms. The lowest BCUT2D eigenvalue weighted by atomic mass is 10.2. The third-order valence-corrected chi connectivity index (χ3v) is 2.58. The normalized spacial score (nSPS) is 17.0. The van der Waals surface area contributed by atoms with E-state index < -0.39 is 12.0 Å². The fraction of sp³-hybridized carbons (Fsp3) is 0.917.